The molecule has 7 heteroatoms. The Morgan fingerprint density at radius 1 is 0.778 bits per heavy atom. The monoisotopic (exact) mass is 496 g/mol. The molecule has 0 aliphatic heterocycles. The van der Waals surface area contributed by atoms with Crippen molar-refractivity contribution in [2.45, 2.75) is 0 Å². The lowest BCUT2D eigenvalue weighted by Gasteiger charge is -2.11. The Morgan fingerprint density at radius 3 is 2.19 bits per heavy atom. The number of hydrogen-bond donors (Lipinski definition) is 2. The first-order chi connectivity index (χ1) is 17.5. The van der Waals surface area contributed by atoms with Crippen LogP contribution in [0, 0.1) is 0 Å². The summed E-state index contributed by atoms with van der Waals surface area (Å²) in [4.78, 5) is 38.1. The third kappa shape index (κ3) is 6.46. The molecule has 0 fully saturated rings. The molecule has 0 bridgehead atoms. The quantitative estimate of drug-likeness (QED) is 0.223. The maximum Gasteiger partial charge on any atom is 0.272 e. The summed E-state index contributed by atoms with van der Waals surface area (Å²) in [6.07, 6.45) is 6.00. The van der Waals surface area contributed by atoms with E-state index in [2.05, 4.69) is 10.6 Å². The second-order valence-electron chi connectivity index (χ2n) is 7.64. The molecule has 2 amide bonds. The van der Waals surface area contributed by atoms with E-state index in [4.69, 9.17) is 16.0 Å². The van der Waals surface area contributed by atoms with Crippen molar-refractivity contribution in [3.8, 4) is 0 Å². The molecule has 1 aromatic heterocycles. The molecule has 1 heterocycles. The van der Waals surface area contributed by atoms with E-state index in [1.807, 2.05) is 18.2 Å². The molecular formula is C29H21ClN2O4. The van der Waals surface area contributed by atoms with E-state index < -0.39 is 11.8 Å². The number of amides is 2. The summed E-state index contributed by atoms with van der Waals surface area (Å²) in [5, 5.41) is 5.92. The van der Waals surface area contributed by atoms with Gasteiger partial charge in [0.1, 0.15) is 11.5 Å². The largest absolute Gasteiger partial charge is 0.465 e. The van der Waals surface area contributed by atoms with Gasteiger partial charge in [-0.15, -0.1) is 0 Å². The lowest BCUT2D eigenvalue weighted by atomic mass is 10.1. The van der Waals surface area contributed by atoms with Gasteiger partial charge in [0.05, 0.1) is 6.26 Å². The Kier molecular flexibility index (Phi) is 7.90. The van der Waals surface area contributed by atoms with Crippen molar-refractivity contribution in [3.05, 3.63) is 137 Å². The number of allylic oxidation sites excluding steroid dienone is 1. The maximum atomic E-state index is 13.0. The van der Waals surface area contributed by atoms with Crippen molar-refractivity contribution in [3.63, 3.8) is 0 Å². The number of nitrogens with one attached hydrogen (secondary N) is 2. The van der Waals surface area contributed by atoms with Gasteiger partial charge in [-0.2, -0.15) is 0 Å². The third-order valence-electron chi connectivity index (χ3n) is 5.11. The smallest absolute Gasteiger partial charge is 0.272 e. The summed E-state index contributed by atoms with van der Waals surface area (Å²) in [5.74, 6) is -0.788. The number of anilines is 1. The van der Waals surface area contributed by atoms with Gasteiger partial charge in [-0.3, -0.25) is 14.4 Å². The van der Waals surface area contributed by atoms with Crippen molar-refractivity contribution in [1.82, 2.24) is 5.32 Å². The van der Waals surface area contributed by atoms with Gasteiger partial charge in [-0.05, 0) is 72.3 Å². The first kappa shape index (κ1) is 24.4. The number of carbonyl (C=O) groups is 3. The Bertz CT molecular complexity index is 1420. The molecule has 0 saturated carbocycles. The van der Waals surface area contributed by atoms with Gasteiger partial charge in [-0.1, -0.05) is 48.0 Å². The van der Waals surface area contributed by atoms with Crippen molar-refractivity contribution in [1.29, 1.82) is 0 Å². The van der Waals surface area contributed by atoms with E-state index in [-0.39, 0.29) is 11.5 Å². The van der Waals surface area contributed by atoms with E-state index in [0.717, 1.165) is 5.56 Å². The van der Waals surface area contributed by atoms with E-state index in [1.165, 1.54) is 18.4 Å². The topological polar surface area (TPSA) is 88.4 Å². The molecule has 0 unspecified atom stereocenters. The molecule has 0 saturated heterocycles. The molecule has 4 aromatic rings. The molecule has 0 aliphatic carbocycles. The standard InChI is InChI=1S/C29H21ClN2O4/c30-25-11-5-4-7-20(25)14-17-27(33)21-12-15-23(16-13-21)31-29(35)26(19-24-10-6-18-36-24)32-28(34)22-8-2-1-3-9-22/h1-19H,(H,31,35)(H,32,34)/b17-14+,26-19-. The van der Waals surface area contributed by atoms with Crippen LogP contribution >= 0.6 is 11.6 Å². The van der Waals surface area contributed by atoms with Crippen LogP contribution < -0.4 is 10.6 Å². The van der Waals surface area contributed by atoms with Crippen molar-refractivity contribution in [2.24, 2.45) is 0 Å². The van der Waals surface area contributed by atoms with Gasteiger partial charge in [0.25, 0.3) is 11.8 Å². The number of ketones is 1. The number of rotatable bonds is 8. The summed E-state index contributed by atoms with van der Waals surface area (Å²) in [6, 6.07) is 25.5. The van der Waals surface area contributed by atoms with Gasteiger partial charge < -0.3 is 15.1 Å². The Morgan fingerprint density at radius 2 is 1.50 bits per heavy atom. The second-order valence-corrected chi connectivity index (χ2v) is 8.05. The van der Waals surface area contributed by atoms with Crippen LogP contribution in [0.1, 0.15) is 32.0 Å². The normalized spacial score (nSPS) is 11.3. The minimum absolute atomic E-state index is 0.00151. The minimum Gasteiger partial charge on any atom is -0.465 e. The highest BCUT2D eigenvalue weighted by Gasteiger charge is 2.16. The third-order valence-corrected chi connectivity index (χ3v) is 5.45. The predicted octanol–water partition coefficient (Wildman–Crippen LogP) is 6.24. The van der Waals surface area contributed by atoms with Gasteiger partial charge in [-0.25, -0.2) is 0 Å². The molecule has 4 rings (SSSR count). The SMILES string of the molecule is O=C(Nc1ccc(C(=O)/C=C/c2ccccc2Cl)cc1)/C(=C/c1ccco1)NC(=O)c1ccccc1. The van der Waals surface area contributed by atoms with Crippen LogP contribution in [0.4, 0.5) is 5.69 Å². The Hall–Kier alpha value is -4.68. The Labute approximate surface area is 212 Å². The van der Waals surface area contributed by atoms with Gasteiger partial charge in [0.2, 0.25) is 0 Å². The molecule has 2 N–H and O–H groups in total. The average Bonchev–Trinajstić information content (AvgIpc) is 3.42. The lowest BCUT2D eigenvalue weighted by molar-refractivity contribution is -0.113. The van der Waals surface area contributed by atoms with E-state index in [9.17, 15) is 14.4 Å². The lowest BCUT2D eigenvalue weighted by Crippen LogP contribution is -2.30. The number of carbonyl (C=O) groups excluding carboxylic acids is 3. The van der Waals surface area contributed by atoms with E-state index in [1.54, 1.807) is 78.9 Å². The molecule has 0 aliphatic rings. The molecule has 0 atom stereocenters. The van der Waals surface area contributed by atoms with Gasteiger partial charge in [0, 0.05) is 27.9 Å². The van der Waals surface area contributed by atoms with Gasteiger partial charge >= 0.3 is 0 Å². The van der Waals surface area contributed by atoms with Crippen LogP contribution in [0.15, 0.2) is 113 Å². The summed E-state index contributed by atoms with van der Waals surface area (Å²) in [5.41, 5.74) is 2.04. The van der Waals surface area contributed by atoms with Crippen LogP contribution in [0.2, 0.25) is 5.02 Å². The van der Waals surface area contributed by atoms with E-state index >= 15 is 0 Å². The van der Waals surface area contributed by atoms with Crippen molar-refractivity contribution < 1.29 is 18.8 Å². The molecule has 0 spiro atoms. The summed E-state index contributed by atoms with van der Waals surface area (Å²) in [7, 11) is 0. The molecule has 36 heavy (non-hydrogen) atoms. The molecular weight excluding hydrogens is 476 g/mol. The maximum absolute atomic E-state index is 13.0. The van der Waals surface area contributed by atoms with Crippen LogP contribution in [-0.2, 0) is 4.79 Å². The summed E-state index contributed by atoms with van der Waals surface area (Å²) >= 11 is 6.12. The predicted molar refractivity (Wildman–Crippen MR) is 140 cm³/mol. The second kappa shape index (κ2) is 11.6. The zero-order chi connectivity index (χ0) is 25.3. The number of halogens is 1. The molecule has 178 valence electrons. The highest BCUT2D eigenvalue weighted by atomic mass is 35.5. The first-order valence-corrected chi connectivity index (χ1v) is 11.4. The Balaban J connectivity index is 1.46. The zero-order valence-electron chi connectivity index (χ0n) is 19.0. The summed E-state index contributed by atoms with van der Waals surface area (Å²) in [6.45, 7) is 0. The first-order valence-electron chi connectivity index (χ1n) is 11.0. The molecule has 0 radical (unpaired) electrons. The highest BCUT2D eigenvalue weighted by molar-refractivity contribution is 6.32. The van der Waals surface area contributed by atoms with Crippen LogP contribution in [-0.4, -0.2) is 17.6 Å². The number of furan rings is 1. The molecule has 6 nitrogen and oxygen atoms in total. The number of benzene rings is 3. The van der Waals surface area contributed by atoms with Gasteiger partial charge in [0.15, 0.2) is 5.78 Å². The van der Waals surface area contributed by atoms with E-state index in [0.29, 0.717) is 27.6 Å². The fourth-order valence-corrected chi connectivity index (χ4v) is 3.44. The van der Waals surface area contributed by atoms with Crippen LogP contribution in [0.3, 0.4) is 0 Å². The minimum atomic E-state index is -0.548. The van der Waals surface area contributed by atoms with Crippen LogP contribution in [0.5, 0.6) is 0 Å². The fourth-order valence-electron chi connectivity index (χ4n) is 3.25. The van der Waals surface area contributed by atoms with Crippen molar-refractivity contribution >= 4 is 47.0 Å². The van der Waals surface area contributed by atoms with Crippen LogP contribution in [0.25, 0.3) is 12.2 Å². The fraction of sp³-hybridized carbons (Fsp3) is 0. The number of hydrogen-bond acceptors (Lipinski definition) is 4. The average molecular weight is 497 g/mol. The zero-order valence-corrected chi connectivity index (χ0v) is 19.7. The molecule has 3 aromatic carbocycles. The van der Waals surface area contributed by atoms with Crippen molar-refractivity contribution in [2.75, 3.05) is 5.32 Å². The highest BCUT2D eigenvalue weighted by Crippen LogP contribution is 2.18. The summed E-state index contributed by atoms with van der Waals surface area (Å²) < 4.78 is 5.30.